The molecule has 1 aromatic rings. The van der Waals surface area contributed by atoms with E-state index in [1.807, 2.05) is 24.3 Å². The third-order valence-corrected chi connectivity index (χ3v) is 3.35. The van der Waals surface area contributed by atoms with Crippen molar-refractivity contribution in [2.45, 2.75) is 46.0 Å². The molecular weight excluding hydrogens is 248 g/mol. The van der Waals surface area contributed by atoms with Gasteiger partial charge >= 0.3 is 0 Å². The highest BCUT2D eigenvalue weighted by Crippen LogP contribution is 2.17. The minimum Gasteiger partial charge on any atom is -0.493 e. The van der Waals surface area contributed by atoms with Crippen molar-refractivity contribution in [2.75, 3.05) is 13.2 Å². The van der Waals surface area contributed by atoms with E-state index in [4.69, 9.17) is 9.84 Å². The highest BCUT2D eigenvalue weighted by atomic mass is 16.5. The quantitative estimate of drug-likeness (QED) is 0.726. The summed E-state index contributed by atoms with van der Waals surface area (Å²) >= 11 is 0. The Morgan fingerprint density at radius 3 is 2.55 bits per heavy atom. The van der Waals surface area contributed by atoms with E-state index in [1.165, 1.54) is 25.7 Å². The van der Waals surface area contributed by atoms with Crippen LogP contribution >= 0.6 is 0 Å². The van der Waals surface area contributed by atoms with Gasteiger partial charge in [0.05, 0.1) is 13.2 Å². The van der Waals surface area contributed by atoms with Gasteiger partial charge in [0.15, 0.2) is 0 Å². The third-order valence-electron chi connectivity index (χ3n) is 3.35. The van der Waals surface area contributed by atoms with Crippen molar-refractivity contribution in [1.82, 2.24) is 0 Å². The average Bonchev–Trinajstić information content (AvgIpc) is 2.49. The molecule has 0 amide bonds. The van der Waals surface area contributed by atoms with Crippen molar-refractivity contribution >= 4 is 0 Å². The van der Waals surface area contributed by atoms with Crippen LogP contribution in [0.25, 0.3) is 0 Å². The lowest BCUT2D eigenvalue weighted by atomic mass is 10.0. The van der Waals surface area contributed by atoms with Crippen LogP contribution in [-0.4, -0.2) is 18.3 Å². The maximum absolute atomic E-state index is 8.67. The summed E-state index contributed by atoms with van der Waals surface area (Å²) in [5.74, 6) is 7.49. The van der Waals surface area contributed by atoms with Gasteiger partial charge in [-0.2, -0.15) is 0 Å². The minimum absolute atomic E-state index is 0.115. The number of hydrogen-bond donors (Lipinski definition) is 1. The Morgan fingerprint density at radius 1 is 1.20 bits per heavy atom. The van der Waals surface area contributed by atoms with Gasteiger partial charge in [-0.1, -0.05) is 45.0 Å². The van der Waals surface area contributed by atoms with E-state index in [9.17, 15) is 0 Å². The van der Waals surface area contributed by atoms with Crippen LogP contribution in [-0.2, 0) is 0 Å². The Balaban J connectivity index is 2.43. The second-order valence-electron chi connectivity index (χ2n) is 5.03. The molecule has 0 saturated carbocycles. The van der Waals surface area contributed by atoms with Crippen LogP contribution in [0.3, 0.4) is 0 Å². The van der Waals surface area contributed by atoms with E-state index in [-0.39, 0.29) is 6.61 Å². The van der Waals surface area contributed by atoms with Crippen LogP contribution in [0.2, 0.25) is 0 Å². The fourth-order valence-corrected chi connectivity index (χ4v) is 1.97. The molecule has 1 aromatic carbocycles. The summed E-state index contributed by atoms with van der Waals surface area (Å²) in [5.41, 5.74) is 0.962. The fraction of sp³-hybridized carbons (Fsp3) is 0.556. The lowest BCUT2D eigenvalue weighted by Crippen LogP contribution is -2.11. The molecule has 0 radical (unpaired) electrons. The monoisotopic (exact) mass is 274 g/mol. The van der Waals surface area contributed by atoms with Crippen LogP contribution in [0.15, 0.2) is 24.3 Å². The van der Waals surface area contributed by atoms with Crippen molar-refractivity contribution in [2.24, 2.45) is 5.92 Å². The van der Waals surface area contributed by atoms with Crippen LogP contribution in [0.1, 0.15) is 51.5 Å². The largest absolute Gasteiger partial charge is 0.493 e. The van der Waals surface area contributed by atoms with Gasteiger partial charge in [-0.25, -0.2) is 0 Å². The zero-order chi connectivity index (χ0) is 14.6. The number of aliphatic hydroxyl groups excluding tert-OH is 1. The number of hydrogen-bond acceptors (Lipinski definition) is 2. The zero-order valence-electron chi connectivity index (χ0n) is 12.7. The lowest BCUT2D eigenvalue weighted by molar-refractivity contribution is 0.233. The second-order valence-corrected chi connectivity index (χ2v) is 5.03. The maximum atomic E-state index is 8.67. The Bertz CT molecular complexity index is 411. The summed E-state index contributed by atoms with van der Waals surface area (Å²) in [5, 5.41) is 8.67. The summed E-state index contributed by atoms with van der Waals surface area (Å²) in [4.78, 5) is 0. The molecule has 110 valence electrons. The first kappa shape index (κ1) is 16.6. The molecule has 20 heavy (non-hydrogen) atoms. The minimum atomic E-state index is 0.115. The summed E-state index contributed by atoms with van der Waals surface area (Å²) in [7, 11) is 0. The van der Waals surface area contributed by atoms with Crippen molar-refractivity contribution in [1.29, 1.82) is 0 Å². The summed E-state index contributed by atoms with van der Waals surface area (Å²) in [6.07, 6.45) is 5.47. The Labute approximate surface area is 123 Å². The molecule has 0 saturated heterocycles. The van der Waals surface area contributed by atoms with E-state index >= 15 is 0 Å². The molecule has 0 aliphatic heterocycles. The fourth-order valence-electron chi connectivity index (χ4n) is 1.97. The van der Waals surface area contributed by atoms with Gasteiger partial charge in [-0.3, -0.25) is 0 Å². The van der Waals surface area contributed by atoms with E-state index in [0.29, 0.717) is 12.3 Å². The number of ether oxygens (including phenoxy) is 1. The van der Waals surface area contributed by atoms with Gasteiger partial charge in [-0.05, 0) is 36.6 Å². The third kappa shape index (κ3) is 6.63. The number of benzene rings is 1. The smallest absolute Gasteiger partial charge is 0.119 e. The van der Waals surface area contributed by atoms with Crippen molar-refractivity contribution in [3.63, 3.8) is 0 Å². The Kier molecular flexibility index (Phi) is 8.58. The van der Waals surface area contributed by atoms with Crippen LogP contribution < -0.4 is 4.74 Å². The molecule has 0 fully saturated rings. The zero-order valence-corrected chi connectivity index (χ0v) is 12.7. The summed E-state index contributed by atoms with van der Waals surface area (Å²) < 4.78 is 5.85. The van der Waals surface area contributed by atoms with Gasteiger partial charge in [0, 0.05) is 12.0 Å². The van der Waals surface area contributed by atoms with Gasteiger partial charge in [-0.15, -0.1) is 0 Å². The first-order valence-electron chi connectivity index (χ1n) is 7.62. The average molecular weight is 274 g/mol. The van der Waals surface area contributed by atoms with Gasteiger partial charge in [0.1, 0.15) is 5.75 Å². The Morgan fingerprint density at radius 2 is 1.95 bits per heavy atom. The van der Waals surface area contributed by atoms with Gasteiger partial charge < -0.3 is 9.84 Å². The molecule has 2 heteroatoms. The summed E-state index contributed by atoms with van der Waals surface area (Å²) in [6, 6.07) is 7.87. The highest BCUT2D eigenvalue weighted by molar-refractivity contribution is 5.38. The molecule has 1 unspecified atom stereocenters. The van der Waals surface area contributed by atoms with Crippen LogP contribution in [0.4, 0.5) is 0 Å². The van der Waals surface area contributed by atoms with E-state index in [2.05, 4.69) is 25.7 Å². The van der Waals surface area contributed by atoms with E-state index < -0.39 is 0 Å². The molecule has 1 N–H and O–H groups in total. The molecule has 1 rings (SSSR count). The number of aliphatic hydroxyl groups is 1. The second kappa shape index (κ2) is 10.3. The highest BCUT2D eigenvalue weighted by Gasteiger charge is 2.06. The summed E-state index contributed by atoms with van der Waals surface area (Å²) in [6.45, 7) is 5.37. The van der Waals surface area contributed by atoms with E-state index in [1.54, 1.807) is 0 Å². The number of rotatable bonds is 8. The van der Waals surface area contributed by atoms with Crippen molar-refractivity contribution in [3.8, 4) is 17.6 Å². The molecule has 1 atom stereocenters. The standard InChI is InChI=1S/C18H26O2/c1-3-5-8-16(4-2)15-20-18-12-10-17(11-13-18)9-6-7-14-19/h10-13,16,19H,3-5,7-8,14-15H2,1-2H3. The number of unbranched alkanes of at least 4 members (excludes halogenated alkanes) is 1. The molecule has 0 bridgehead atoms. The Hall–Kier alpha value is -1.46. The van der Waals surface area contributed by atoms with Crippen molar-refractivity contribution in [3.05, 3.63) is 29.8 Å². The molecule has 2 nitrogen and oxygen atoms in total. The molecule has 0 spiro atoms. The molecule has 0 aliphatic carbocycles. The van der Waals surface area contributed by atoms with Crippen molar-refractivity contribution < 1.29 is 9.84 Å². The maximum Gasteiger partial charge on any atom is 0.119 e. The van der Waals surface area contributed by atoms with E-state index in [0.717, 1.165) is 17.9 Å². The molecule has 0 heterocycles. The predicted molar refractivity (Wildman–Crippen MR) is 83.8 cm³/mol. The van der Waals surface area contributed by atoms with Crippen LogP contribution in [0.5, 0.6) is 5.75 Å². The lowest BCUT2D eigenvalue weighted by Gasteiger charge is -2.15. The topological polar surface area (TPSA) is 29.5 Å². The molecule has 0 aromatic heterocycles. The first-order chi connectivity index (χ1) is 9.80. The van der Waals surface area contributed by atoms with Gasteiger partial charge in [0.2, 0.25) is 0 Å². The van der Waals surface area contributed by atoms with Crippen LogP contribution in [0, 0.1) is 17.8 Å². The predicted octanol–water partition coefficient (Wildman–Crippen LogP) is 4.02. The van der Waals surface area contributed by atoms with Gasteiger partial charge in [0.25, 0.3) is 0 Å². The normalized spacial score (nSPS) is 11.6. The SMILES string of the molecule is CCCCC(CC)COc1ccc(C#CCCO)cc1. The molecular formula is C18H26O2. The molecule has 0 aliphatic rings. The first-order valence-corrected chi connectivity index (χ1v) is 7.62.